The molecule has 3 heterocycles. The summed E-state index contributed by atoms with van der Waals surface area (Å²) in [4.78, 5) is 37.2. The van der Waals surface area contributed by atoms with E-state index in [1.54, 1.807) is 0 Å². The minimum atomic E-state index is -0.348. The molecule has 2 aromatic rings. The van der Waals surface area contributed by atoms with E-state index in [9.17, 15) is 9.90 Å². The van der Waals surface area contributed by atoms with E-state index in [1.165, 1.54) is 12.8 Å². The van der Waals surface area contributed by atoms with Crippen LogP contribution in [0.3, 0.4) is 0 Å². The summed E-state index contributed by atoms with van der Waals surface area (Å²) in [5.41, 5.74) is -0.0378. The number of likely N-dealkylation sites (N-methyl/N-ethyl adjacent to an activating group) is 1. The van der Waals surface area contributed by atoms with Crippen molar-refractivity contribution in [3.05, 3.63) is 21.7 Å². The van der Waals surface area contributed by atoms with Crippen LogP contribution in [0.5, 0.6) is 5.88 Å². The van der Waals surface area contributed by atoms with Crippen LogP contribution in [0.15, 0.2) is 4.79 Å². The van der Waals surface area contributed by atoms with Crippen molar-refractivity contribution in [1.82, 2.24) is 35.1 Å². The first-order chi connectivity index (χ1) is 15.5. The Balaban J connectivity index is 1.42. The van der Waals surface area contributed by atoms with E-state index in [1.807, 2.05) is 6.92 Å². The highest BCUT2D eigenvalue weighted by Crippen LogP contribution is 2.20. The molecule has 4 rings (SSSR count). The van der Waals surface area contributed by atoms with E-state index in [0.717, 1.165) is 45.6 Å². The zero-order valence-corrected chi connectivity index (χ0v) is 18.9. The fraction of sp³-hybridized carbons (Fsp3) is 0.667. The van der Waals surface area contributed by atoms with Crippen molar-refractivity contribution in [3.8, 4) is 5.88 Å². The average molecular weight is 444 g/mol. The minimum Gasteiger partial charge on any atom is -0.493 e. The van der Waals surface area contributed by atoms with Gasteiger partial charge in [-0.05, 0) is 45.7 Å². The van der Waals surface area contributed by atoms with Crippen LogP contribution in [0, 0.1) is 0 Å². The number of aromatic amines is 1. The Bertz CT molecular complexity index is 968. The van der Waals surface area contributed by atoms with Gasteiger partial charge in [-0.3, -0.25) is 15.1 Å². The maximum Gasteiger partial charge on any atom is 0.259 e. The van der Waals surface area contributed by atoms with Crippen LogP contribution in [0.2, 0.25) is 0 Å². The van der Waals surface area contributed by atoms with Crippen LogP contribution in [0.4, 0.5) is 17.8 Å². The third-order valence-corrected chi connectivity index (χ3v) is 5.86. The van der Waals surface area contributed by atoms with E-state index >= 15 is 0 Å². The minimum absolute atomic E-state index is 0.115. The lowest BCUT2D eigenvalue weighted by Gasteiger charge is -2.32. The summed E-state index contributed by atoms with van der Waals surface area (Å²) in [5.74, 6) is 1.42. The summed E-state index contributed by atoms with van der Waals surface area (Å²) in [6, 6.07) is 0.680. The number of hydrogen-bond acceptors (Lipinski definition) is 10. The molecule has 0 radical (unpaired) electrons. The first-order valence-electron chi connectivity index (χ1n) is 11.5. The van der Waals surface area contributed by atoms with Crippen molar-refractivity contribution in [2.75, 3.05) is 50.0 Å². The maximum absolute atomic E-state index is 12.5. The lowest BCUT2D eigenvalue weighted by atomic mass is 10.1. The van der Waals surface area contributed by atoms with Crippen LogP contribution in [0.25, 0.3) is 0 Å². The molecular formula is C21H33N9O2. The SMILES string of the molecule is CCc1nc(Nc2nc(O)c(CCCCNC3CC3)c(=O)[nH]2)nc(N2CCN(C)CC2)n1. The highest BCUT2D eigenvalue weighted by molar-refractivity contribution is 5.47. The molecule has 11 heteroatoms. The highest BCUT2D eigenvalue weighted by Gasteiger charge is 2.20. The Morgan fingerprint density at radius 2 is 1.88 bits per heavy atom. The number of aromatic hydroxyl groups is 1. The summed E-state index contributed by atoms with van der Waals surface area (Å²) in [5, 5.41) is 16.7. The van der Waals surface area contributed by atoms with E-state index in [0.29, 0.717) is 42.2 Å². The number of aryl methyl sites for hydroxylation is 1. The Kier molecular flexibility index (Phi) is 7.15. The molecule has 0 spiro atoms. The van der Waals surface area contributed by atoms with Gasteiger partial charge in [0, 0.05) is 38.6 Å². The number of nitrogens with zero attached hydrogens (tertiary/aromatic N) is 6. The standard InChI is InChI=1S/C21H33N9O2/c1-3-16-23-19(28-21(24-16)30-12-10-29(2)11-13-30)27-20-25-17(31)15(18(32)26-20)6-4-5-9-22-14-7-8-14/h14,22H,3-13H2,1-2H3,(H3,23,24,25,26,27,28,31,32). The monoisotopic (exact) mass is 443 g/mol. The van der Waals surface area contributed by atoms with Crippen LogP contribution in [-0.2, 0) is 12.8 Å². The fourth-order valence-corrected chi connectivity index (χ4v) is 3.67. The molecule has 0 amide bonds. The van der Waals surface area contributed by atoms with E-state index in [4.69, 9.17) is 0 Å². The molecule has 1 saturated heterocycles. The first-order valence-corrected chi connectivity index (χ1v) is 11.5. The lowest BCUT2D eigenvalue weighted by molar-refractivity contribution is 0.311. The Morgan fingerprint density at radius 1 is 1.09 bits per heavy atom. The highest BCUT2D eigenvalue weighted by atomic mass is 16.3. The van der Waals surface area contributed by atoms with E-state index in [-0.39, 0.29) is 17.4 Å². The molecule has 4 N–H and O–H groups in total. The molecule has 1 aliphatic carbocycles. The fourth-order valence-electron chi connectivity index (χ4n) is 3.67. The third kappa shape index (κ3) is 5.92. The molecular weight excluding hydrogens is 410 g/mol. The summed E-state index contributed by atoms with van der Waals surface area (Å²) in [7, 11) is 2.10. The quantitative estimate of drug-likeness (QED) is 0.390. The largest absolute Gasteiger partial charge is 0.493 e. The van der Waals surface area contributed by atoms with Crippen molar-refractivity contribution < 1.29 is 5.11 Å². The molecule has 2 fully saturated rings. The second kappa shape index (κ2) is 10.2. The zero-order chi connectivity index (χ0) is 22.5. The van der Waals surface area contributed by atoms with Gasteiger partial charge in [-0.1, -0.05) is 6.92 Å². The van der Waals surface area contributed by atoms with Crippen LogP contribution in [0.1, 0.15) is 44.0 Å². The third-order valence-electron chi connectivity index (χ3n) is 5.86. The van der Waals surface area contributed by atoms with Gasteiger partial charge in [0.15, 0.2) is 0 Å². The van der Waals surface area contributed by atoms with Crippen molar-refractivity contribution in [2.24, 2.45) is 0 Å². The van der Waals surface area contributed by atoms with Gasteiger partial charge in [0.05, 0.1) is 5.56 Å². The molecule has 11 nitrogen and oxygen atoms in total. The molecule has 0 bridgehead atoms. The van der Waals surface area contributed by atoms with Gasteiger partial charge in [0.2, 0.25) is 23.7 Å². The number of aromatic nitrogens is 5. The van der Waals surface area contributed by atoms with Gasteiger partial charge in [0.25, 0.3) is 5.56 Å². The van der Waals surface area contributed by atoms with Gasteiger partial charge in [-0.2, -0.15) is 19.9 Å². The Labute approximate surface area is 187 Å². The molecule has 2 aliphatic rings. The molecule has 0 unspecified atom stereocenters. The predicted octanol–water partition coefficient (Wildman–Crippen LogP) is 0.793. The number of nitrogens with one attached hydrogen (secondary N) is 3. The van der Waals surface area contributed by atoms with Crippen molar-refractivity contribution in [2.45, 2.75) is 51.5 Å². The number of rotatable bonds is 10. The number of piperazine rings is 1. The van der Waals surface area contributed by atoms with Gasteiger partial charge in [0.1, 0.15) is 5.82 Å². The summed E-state index contributed by atoms with van der Waals surface area (Å²) < 4.78 is 0. The smallest absolute Gasteiger partial charge is 0.259 e. The molecule has 0 aromatic carbocycles. The molecule has 1 saturated carbocycles. The molecule has 1 aliphatic heterocycles. The maximum atomic E-state index is 12.5. The topological polar surface area (TPSA) is 135 Å². The van der Waals surface area contributed by atoms with Crippen LogP contribution < -0.4 is 21.1 Å². The average Bonchev–Trinajstić information content (AvgIpc) is 3.60. The first kappa shape index (κ1) is 22.4. The van der Waals surface area contributed by atoms with Gasteiger partial charge >= 0.3 is 0 Å². The van der Waals surface area contributed by atoms with Gasteiger partial charge < -0.3 is 20.2 Å². The second-order valence-corrected chi connectivity index (χ2v) is 8.55. The summed E-state index contributed by atoms with van der Waals surface area (Å²) in [6.07, 6.45) is 5.43. The van der Waals surface area contributed by atoms with Gasteiger partial charge in [-0.15, -0.1) is 0 Å². The normalized spacial score (nSPS) is 17.0. The summed E-state index contributed by atoms with van der Waals surface area (Å²) in [6.45, 7) is 6.47. The number of unbranched alkanes of at least 4 members (excludes halogenated alkanes) is 1. The lowest BCUT2D eigenvalue weighted by Crippen LogP contribution is -2.45. The molecule has 0 atom stereocenters. The Morgan fingerprint density at radius 3 is 2.56 bits per heavy atom. The van der Waals surface area contributed by atoms with Gasteiger partial charge in [-0.25, -0.2) is 0 Å². The van der Waals surface area contributed by atoms with Crippen molar-refractivity contribution >= 4 is 17.8 Å². The molecule has 32 heavy (non-hydrogen) atoms. The number of anilines is 3. The molecule has 2 aromatic heterocycles. The van der Waals surface area contributed by atoms with E-state index < -0.39 is 0 Å². The number of H-pyrrole nitrogens is 1. The second-order valence-electron chi connectivity index (χ2n) is 8.55. The summed E-state index contributed by atoms with van der Waals surface area (Å²) >= 11 is 0. The Hall–Kier alpha value is -2.79. The van der Waals surface area contributed by atoms with E-state index in [2.05, 4.69) is 52.4 Å². The van der Waals surface area contributed by atoms with Crippen LogP contribution in [-0.4, -0.2) is 80.7 Å². The molecule has 174 valence electrons. The van der Waals surface area contributed by atoms with Crippen molar-refractivity contribution in [1.29, 1.82) is 0 Å². The van der Waals surface area contributed by atoms with Crippen LogP contribution >= 0.6 is 0 Å². The zero-order valence-electron chi connectivity index (χ0n) is 18.9. The predicted molar refractivity (Wildman–Crippen MR) is 123 cm³/mol. The van der Waals surface area contributed by atoms with Crippen molar-refractivity contribution in [3.63, 3.8) is 0 Å². The number of hydrogen-bond donors (Lipinski definition) is 4.